The Morgan fingerprint density at radius 1 is 1.42 bits per heavy atom. The van der Waals surface area contributed by atoms with Crippen LogP contribution in [0.25, 0.3) is 0 Å². The fraction of sp³-hybridized carbons (Fsp3) is 0.667. The molecule has 1 saturated heterocycles. The van der Waals surface area contributed by atoms with Gasteiger partial charge in [0.15, 0.2) is 0 Å². The smallest absolute Gasteiger partial charge is 0.0897 e. The van der Waals surface area contributed by atoms with Crippen LogP contribution in [0.15, 0.2) is 17.8 Å². The Labute approximate surface area is 149 Å². The van der Waals surface area contributed by atoms with Crippen molar-refractivity contribution in [2.75, 3.05) is 13.6 Å². The second-order valence-corrected chi connectivity index (χ2v) is 8.30. The summed E-state index contributed by atoms with van der Waals surface area (Å²) < 4.78 is 1.90. The van der Waals surface area contributed by atoms with E-state index in [4.69, 9.17) is 0 Å². The second-order valence-electron chi connectivity index (χ2n) is 7.24. The lowest BCUT2D eigenvalue weighted by Crippen LogP contribution is -2.47. The topological polar surface area (TPSA) is 37.2 Å². The number of aryl methyl sites for hydroxylation is 2. The van der Waals surface area contributed by atoms with E-state index in [0.29, 0.717) is 18.1 Å². The van der Waals surface area contributed by atoms with Gasteiger partial charge in [-0.15, -0.1) is 11.3 Å². The molecule has 0 amide bonds. The molecule has 0 aromatic carbocycles. The molecule has 0 spiro atoms. The number of rotatable bonds is 6. The van der Waals surface area contributed by atoms with Crippen LogP contribution < -0.4 is 0 Å². The molecule has 3 heterocycles. The van der Waals surface area contributed by atoms with Crippen LogP contribution in [0.5, 0.6) is 0 Å². The predicted octanol–water partition coefficient (Wildman–Crippen LogP) is 2.71. The Morgan fingerprint density at radius 2 is 2.21 bits per heavy atom. The lowest BCUT2D eigenvalue weighted by Gasteiger charge is -2.35. The maximum absolute atomic E-state index is 4.67. The lowest BCUT2D eigenvalue weighted by molar-refractivity contribution is 0.134. The average molecular weight is 348 g/mol. The molecule has 6 heteroatoms. The zero-order valence-corrected chi connectivity index (χ0v) is 16.3. The van der Waals surface area contributed by atoms with E-state index >= 15 is 0 Å². The standard InChI is InChI=1S/C18H29N5S/c1-13(2)22(5)17-6-7-23(11-16-12-24-14(3)20-16)18(17)8-15-9-19-21(4)10-15/h9-10,12-13,17-18H,6-8,11H2,1-5H3/t17-,18+/m0/s1. The molecule has 132 valence electrons. The van der Waals surface area contributed by atoms with Crippen molar-refractivity contribution in [1.82, 2.24) is 24.6 Å². The first-order chi connectivity index (χ1) is 11.4. The number of nitrogens with zero attached hydrogens (tertiary/aromatic N) is 5. The molecule has 0 saturated carbocycles. The van der Waals surface area contributed by atoms with Gasteiger partial charge < -0.3 is 0 Å². The molecule has 24 heavy (non-hydrogen) atoms. The largest absolute Gasteiger partial charge is 0.299 e. The van der Waals surface area contributed by atoms with Crippen molar-refractivity contribution >= 4 is 11.3 Å². The molecular formula is C18H29N5S. The number of aromatic nitrogens is 3. The van der Waals surface area contributed by atoms with Crippen LogP contribution in [0.3, 0.4) is 0 Å². The van der Waals surface area contributed by atoms with Gasteiger partial charge in [0, 0.05) is 49.8 Å². The van der Waals surface area contributed by atoms with E-state index in [1.165, 1.54) is 17.7 Å². The van der Waals surface area contributed by atoms with E-state index < -0.39 is 0 Å². The third-order valence-electron chi connectivity index (χ3n) is 5.20. The van der Waals surface area contributed by atoms with Gasteiger partial charge in [0.1, 0.15) is 0 Å². The first-order valence-corrected chi connectivity index (χ1v) is 9.66. The third kappa shape index (κ3) is 3.87. The summed E-state index contributed by atoms with van der Waals surface area (Å²) in [5, 5.41) is 7.71. The normalized spacial score (nSPS) is 22.1. The van der Waals surface area contributed by atoms with E-state index in [0.717, 1.165) is 24.5 Å². The van der Waals surface area contributed by atoms with Crippen molar-refractivity contribution < 1.29 is 0 Å². The number of likely N-dealkylation sites (N-methyl/N-ethyl adjacent to an activating group) is 1. The van der Waals surface area contributed by atoms with Crippen LogP contribution >= 0.6 is 11.3 Å². The zero-order chi connectivity index (χ0) is 17.3. The van der Waals surface area contributed by atoms with Crippen molar-refractivity contribution in [1.29, 1.82) is 0 Å². The van der Waals surface area contributed by atoms with Crippen LogP contribution in [-0.4, -0.2) is 56.3 Å². The van der Waals surface area contributed by atoms with Crippen LogP contribution in [0, 0.1) is 6.92 Å². The van der Waals surface area contributed by atoms with Gasteiger partial charge in [0.25, 0.3) is 0 Å². The molecular weight excluding hydrogens is 318 g/mol. The molecule has 0 radical (unpaired) electrons. The highest BCUT2D eigenvalue weighted by molar-refractivity contribution is 7.09. The van der Waals surface area contributed by atoms with E-state index in [1.807, 2.05) is 17.9 Å². The minimum Gasteiger partial charge on any atom is -0.299 e. The summed E-state index contributed by atoms with van der Waals surface area (Å²) in [5.41, 5.74) is 2.53. The molecule has 5 nitrogen and oxygen atoms in total. The van der Waals surface area contributed by atoms with Crippen molar-refractivity contribution in [2.24, 2.45) is 7.05 Å². The zero-order valence-electron chi connectivity index (χ0n) is 15.4. The van der Waals surface area contributed by atoms with Crippen LogP contribution in [0.2, 0.25) is 0 Å². The Morgan fingerprint density at radius 3 is 2.79 bits per heavy atom. The number of hydrogen-bond donors (Lipinski definition) is 0. The van der Waals surface area contributed by atoms with Gasteiger partial charge in [-0.2, -0.15) is 5.10 Å². The van der Waals surface area contributed by atoms with E-state index in [-0.39, 0.29) is 0 Å². The maximum Gasteiger partial charge on any atom is 0.0897 e. The van der Waals surface area contributed by atoms with Gasteiger partial charge in [-0.05, 0) is 46.2 Å². The summed E-state index contributed by atoms with van der Waals surface area (Å²) in [6.07, 6.45) is 6.44. The van der Waals surface area contributed by atoms with E-state index in [9.17, 15) is 0 Å². The predicted molar refractivity (Wildman–Crippen MR) is 99.3 cm³/mol. The SMILES string of the molecule is Cc1nc(CN2CC[C@H](N(C)C(C)C)[C@H]2Cc2cnn(C)c2)cs1. The van der Waals surface area contributed by atoms with E-state index in [2.05, 4.69) is 59.3 Å². The molecule has 2 aromatic heterocycles. The summed E-state index contributed by atoms with van der Waals surface area (Å²) in [7, 11) is 4.26. The third-order valence-corrected chi connectivity index (χ3v) is 6.02. The highest BCUT2D eigenvalue weighted by Gasteiger charge is 2.37. The number of thiazole rings is 1. The van der Waals surface area contributed by atoms with Crippen molar-refractivity contribution in [3.8, 4) is 0 Å². The fourth-order valence-electron chi connectivity index (χ4n) is 3.73. The summed E-state index contributed by atoms with van der Waals surface area (Å²) in [6, 6.07) is 1.67. The molecule has 2 atom stereocenters. The van der Waals surface area contributed by atoms with Gasteiger partial charge in [-0.3, -0.25) is 14.5 Å². The molecule has 1 aliphatic heterocycles. The van der Waals surface area contributed by atoms with Crippen LogP contribution in [0.1, 0.15) is 36.5 Å². The summed E-state index contributed by atoms with van der Waals surface area (Å²) in [6.45, 7) is 8.75. The van der Waals surface area contributed by atoms with Gasteiger partial charge >= 0.3 is 0 Å². The van der Waals surface area contributed by atoms with Gasteiger partial charge in [-0.25, -0.2) is 4.98 Å². The Balaban J connectivity index is 1.78. The van der Waals surface area contributed by atoms with Crippen LogP contribution in [-0.2, 0) is 20.0 Å². The number of likely N-dealkylation sites (tertiary alicyclic amines) is 1. The molecule has 1 aliphatic rings. The summed E-state index contributed by atoms with van der Waals surface area (Å²) >= 11 is 1.75. The Hall–Kier alpha value is -1.24. The minimum atomic E-state index is 0.517. The molecule has 0 bridgehead atoms. The first-order valence-electron chi connectivity index (χ1n) is 8.78. The molecule has 3 rings (SSSR count). The van der Waals surface area contributed by atoms with Crippen molar-refractivity contribution in [2.45, 2.75) is 58.3 Å². The molecule has 0 unspecified atom stereocenters. The van der Waals surface area contributed by atoms with Crippen molar-refractivity contribution in [3.05, 3.63) is 34.0 Å². The fourth-order valence-corrected chi connectivity index (χ4v) is 4.33. The quantitative estimate of drug-likeness (QED) is 0.805. The van der Waals surface area contributed by atoms with Gasteiger partial charge in [-0.1, -0.05) is 0 Å². The molecule has 0 N–H and O–H groups in total. The monoisotopic (exact) mass is 347 g/mol. The average Bonchev–Trinajstić information content (AvgIpc) is 3.22. The van der Waals surface area contributed by atoms with Gasteiger partial charge in [0.05, 0.1) is 16.9 Å². The number of hydrogen-bond acceptors (Lipinski definition) is 5. The van der Waals surface area contributed by atoms with Crippen molar-refractivity contribution in [3.63, 3.8) is 0 Å². The molecule has 0 aliphatic carbocycles. The highest BCUT2D eigenvalue weighted by Crippen LogP contribution is 2.28. The second kappa shape index (κ2) is 7.33. The van der Waals surface area contributed by atoms with Crippen LogP contribution in [0.4, 0.5) is 0 Å². The highest BCUT2D eigenvalue weighted by atomic mass is 32.1. The summed E-state index contributed by atoms with van der Waals surface area (Å²) in [5.74, 6) is 0. The summed E-state index contributed by atoms with van der Waals surface area (Å²) in [4.78, 5) is 9.82. The lowest BCUT2D eigenvalue weighted by atomic mass is 10.00. The Bertz CT molecular complexity index is 662. The molecule has 1 fully saturated rings. The molecule has 2 aromatic rings. The minimum absolute atomic E-state index is 0.517. The maximum atomic E-state index is 4.67. The Kier molecular flexibility index (Phi) is 5.37. The van der Waals surface area contributed by atoms with E-state index in [1.54, 1.807) is 11.3 Å². The van der Waals surface area contributed by atoms with Gasteiger partial charge in [0.2, 0.25) is 0 Å². The first kappa shape index (κ1) is 17.6.